The van der Waals surface area contributed by atoms with Crippen LogP contribution in [0.15, 0.2) is 81.3 Å². The third-order valence-corrected chi connectivity index (χ3v) is 7.26. The fraction of sp³-hybridized carbons (Fsp3) is 0.0345. The van der Waals surface area contributed by atoms with Crippen molar-refractivity contribution in [1.29, 1.82) is 5.26 Å². The number of pyridine rings is 1. The molecule has 0 aliphatic rings. The number of hydrogen-bond acceptors (Lipinski definition) is 7. The molecule has 0 spiro atoms. The molecule has 3 aromatic heterocycles. The number of nitriles is 1. The average molecular weight is 522 g/mol. The molecule has 0 saturated heterocycles. The molecule has 0 fully saturated rings. The van der Waals surface area contributed by atoms with Gasteiger partial charge in [-0.15, -0.1) is 11.3 Å². The number of ether oxygens (including phenoxy) is 1. The average Bonchev–Trinajstić information content (AvgIpc) is 3.40. The first kappa shape index (κ1) is 22.9. The zero-order valence-corrected chi connectivity index (χ0v) is 20.9. The number of thiazole rings is 1. The van der Waals surface area contributed by atoms with Crippen LogP contribution in [0.2, 0.25) is 5.15 Å². The minimum atomic E-state index is -0.487. The van der Waals surface area contributed by atoms with Crippen LogP contribution in [0.4, 0.5) is 0 Å². The maximum Gasteiger partial charge on any atom is 0.345 e. The Labute approximate surface area is 219 Å². The van der Waals surface area contributed by atoms with E-state index in [9.17, 15) is 10.1 Å². The number of hydrogen-bond donors (Lipinski definition) is 0. The maximum absolute atomic E-state index is 12.8. The maximum atomic E-state index is 12.8. The number of benzene rings is 3. The summed E-state index contributed by atoms with van der Waals surface area (Å²) in [5.74, 6) is 0.679. The minimum Gasteiger partial charge on any atom is -0.497 e. The molecule has 8 heteroatoms. The molecule has 6 aromatic rings. The SMILES string of the molecule is COc1ccc2cc(/C=C(\C#N)c3nc(-c4cc5c(ccc6ccccc65)oc4=O)cs3)c(Cl)nc2c1. The van der Waals surface area contributed by atoms with Crippen molar-refractivity contribution >= 4 is 67.2 Å². The first-order valence-electron chi connectivity index (χ1n) is 11.2. The molecular weight excluding hydrogens is 506 g/mol. The molecule has 0 N–H and O–H groups in total. The van der Waals surface area contributed by atoms with Crippen molar-refractivity contribution in [2.45, 2.75) is 0 Å². The third kappa shape index (κ3) is 4.12. The van der Waals surface area contributed by atoms with Gasteiger partial charge >= 0.3 is 5.63 Å². The molecule has 3 heterocycles. The summed E-state index contributed by atoms with van der Waals surface area (Å²) >= 11 is 7.70. The number of halogens is 1. The molecule has 0 atom stereocenters. The molecular formula is C29H16ClN3O3S. The molecule has 0 unspecified atom stereocenters. The summed E-state index contributed by atoms with van der Waals surface area (Å²) in [7, 11) is 1.59. The van der Waals surface area contributed by atoms with E-state index in [0.29, 0.717) is 44.3 Å². The molecule has 3 aromatic carbocycles. The van der Waals surface area contributed by atoms with Crippen LogP contribution in [0.25, 0.3) is 55.6 Å². The van der Waals surface area contributed by atoms with Crippen LogP contribution in [0, 0.1) is 11.3 Å². The number of methoxy groups -OCH3 is 1. The van der Waals surface area contributed by atoms with Gasteiger partial charge in [-0.25, -0.2) is 14.8 Å². The highest BCUT2D eigenvalue weighted by molar-refractivity contribution is 7.11. The van der Waals surface area contributed by atoms with E-state index in [-0.39, 0.29) is 5.15 Å². The van der Waals surface area contributed by atoms with Crippen LogP contribution in [0.3, 0.4) is 0 Å². The van der Waals surface area contributed by atoms with Crippen LogP contribution in [-0.2, 0) is 0 Å². The fourth-order valence-corrected chi connectivity index (χ4v) is 5.22. The Morgan fingerprint density at radius 2 is 1.89 bits per heavy atom. The Balaban J connectivity index is 1.42. The predicted molar refractivity (Wildman–Crippen MR) is 148 cm³/mol. The summed E-state index contributed by atoms with van der Waals surface area (Å²) in [6.45, 7) is 0. The van der Waals surface area contributed by atoms with Crippen molar-refractivity contribution in [1.82, 2.24) is 9.97 Å². The third-order valence-electron chi connectivity index (χ3n) is 6.08. The monoisotopic (exact) mass is 521 g/mol. The van der Waals surface area contributed by atoms with Crippen LogP contribution >= 0.6 is 22.9 Å². The van der Waals surface area contributed by atoms with Gasteiger partial charge in [0.25, 0.3) is 0 Å². The Hall–Kier alpha value is -4.51. The fourth-order valence-electron chi connectivity index (χ4n) is 4.24. The van der Waals surface area contributed by atoms with Crippen molar-refractivity contribution in [3.05, 3.63) is 98.3 Å². The second kappa shape index (κ2) is 9.17. The predicted octanol–water partition coefficient (Wildman–Crippen LogP) is 7.34. The number of fused-ring (bicyclic) bond motifs is 4. The summed E-state index contributed by atoms with van der Waals surface area (Å²) in [5.41, 5.74) is 2.39. The number of allylic oxidation sites excluding steroid dienone is 1. The molecule has 0 aliphatic carbocycles. The molecule has 0 saturated carbocycles. The minimum absolute atomic E-state index is 0.257. The van der Waals surface area contributed by atoms with E-state index in [2.05, 4.69) is 16.0 Å². The summed E-state index contributed by atoms with van der Waals surface area (Å²) in [6, 6.07) is 23.0. The Kier molecular flexibility index (Phi) is 5.68. The van der Waals surface area contributed by atoms with E-state index in [1.54, 1.807) is 36.8 Å². The lowest BCUT2D eigenvalue weighted by atomic mass is 10.0. The highest BCUT2D eigenvalue weighted by Gasteiger charge is 2.16. The van der Waals surface area contributed by atoms with Gasteiger partial charge in [-0.2, -0.15) is 5.26 Å². The van der Waals surface area contributed by atoms with Gasteiger partial charge < -0.3 is 9.15 Å². The number of nitrogens with zero attached hydrogens (tertiary/aromatic N) is 3. The smallest absolute Gasteiger partial charge is 0.345 e. The van der Waals surface area contributed by atoms with E-state index in [1.807, 2.05) is 48.5 Å². The van der Waals surface area contributed by atoms with Crippen molar-refractivity contribution in [3.63, 3.8) is 0 Å². The molecule has 0 bridgehead atoms. The Morgan fingerprint density at radius 1 is 1.05 bits per heavy atom. The van der Waals surface area contributed by atoms with E-state index in [1.165, 1.54) is 11.3 Å². The summed E-state index contributed by atoms with van der Waals surface area (Å²) in [6.07, 6.45) is 1.65. The lowest BCUT2D eigenvalue weighted by Gasteiger charge is -2.05. The van der Waals surface area contributed by atoms with Gasteiger partial charge in [0.05, 0.1) is 29.5 Å². The summed E-state index contributed by atoms with van der Waals surface area (Å²) < 4.78 is 10.9. The van der Waals surface area contributed by atoms with Crippen molar-refractivity contribution in [2.75, 3.05) is 7.11 Å². The standard InChI is InChI=1S/C29H16ClN3O3S/c1-35-20-8-6-17-10-18(27(30)32-24(17)12-20)11-19(14-31)28-33-25(15-37-28)23-13-22-21-5-3-2-4-16(21)7-9-26(22)36-29(23)34/h2-13,15H,1H3/b19-11+. The lowest BCUT2D eigenvalue weighted by Crippen LogP contribution is -2.03. The van der Waals surface area contributed by atoms with Crippen LogP contribution in [0.5, 0.6) is 5.75 Å². The van der Waals surface area contributed by atoms with Crippen molar-refractivity contribution < 1.29 is 9.15 Å². The second-order valence-electron chi connectivity index (χ2n) is 8.28. The van der Waals surface area contributed by atoms with Crippen LogP contribution in [0.1, 0.15) is 10.6 Å². The van der Waals surface area contributed by atoms with Crippen molar-refractivity contribution in [3.8, 4) is 23.1 Å². The molecule has 0 amide bonds. The quantitative estimate of drug-likeness (QED) is 0.104. The second-order valence-corrected chi connectivity index (χ2v) is 9.50. The topological polar surface area (TPSA) is 89.0 Å². The molecule has 37 heavy (non-hydrogen) atoms. The van der Waals surface area contributed by atoms with Crippen LogP contribution in [-0.4, -0.2) is 17.1 Å². The molecule has 0 aliphatic heterocycles. The first-order chi connectivity index (χ1) is 18.0. The highest BCUT2D eigenvalue weighted by atomic mass is 35.5. The van der Waals surface area contributed by atoms with Gasteiger partial charge in [0.1, 0.15) is 27.6 Å². The van der Waals surface area contributed by atoms with E-state index < -0.39 is 5.63 Å². The van der Waals surface area contributed by atoms with Gasteiger partial charge in [0, 0.05) is 27.8 Å². The van der Waals surface area contributed by atoms with E-state index in [4.69, 9.17) is 20.8 Å². The van der Waals surface area contributed by atoms with Gasteiger partial charge in [-0.1, -0.05) is 41.9 Å². The van der Waals surface area contributed by atoms with Gasteiger partial charge in [0.2, 0.25) is 0 Å². The van der Waals surface area contributed by atoms with Gasteiger partial charge in [-0.3, -0.25) is 0 Å². The molecule has 6 rings (SSSR count). The zero-order chi connectivity index (χ0) is 25.5. The summed E-state index contributed by atoms with van der Waals surface area (Å²) in [5, 5.41) is 16.1. The molecule has 178 valence electrons. The molecule has 0 radical (unpaired) electrons. The molecule has 6 nitrogen and oxygen atoms in total. The van der Waals surface area contributed by atoms with Crippen molar-refractivity contribution in [2.24, 2.45) is 0 Å². The van der Waals surface area contributed by atoms with E-state index >= 15 is 0 Å². The lowest BCUT2D eigenvalue weighted by molar-refractivity contribution is 0.415. The van der Waals surface area contributed by atoms with Crippen LogP contribution < -0.4 is 10.4 Å². The Bertz CT molecular complexity index is 1990. The van der Waals surface area contributed by atoms with Gasteiger partial charge in [0.15, 0.2) is 0 Å². The zero-order valence-electron chi connectivity index (χ0n) is 19.4. The number of aromatic nitrogens is 2. The van der Waals surface area contributed by atoms with Gasteiger partial charge in [-0.05, 0) is 47.2 Å². The normalized spacial score (nSPS) is 11.8. The highest BCUT2D eigenvalue weighted by Crippen LogP contribution is 2.32. The number of rotatable bonds is 4. The first-order valence-corrected chi connectivity index (χ1v) is 12.5. The largest absolute Gasteiger partial charge is 0.497 e. The van der Waals surface area contributed by atoms with E-state index in [0.717, 1.165) is 21.5 Å². The Morgan fingerprint density at radius 3 is 2.73 bits per heavy atom. The summed E-state index contributed by atoms with van der Waals surface area (Å²) in [4.78, 5) is 21.8.